The van der Waals surface area contributed by atoms with Gasteiger partial charge in [-0.3, -0.25) is 4.99 Å². The van der Waals surface area contributed by atoms with Crippen molar-refractivity contribution in [3.63, 3.8) is 0 Å². The molecule has 0 radical (unpaired) electrons. The Morgan fingerprint density at radius 2 is 2.15 bits per heavy atom. The topological polar surface area (TPSA) is 58.5 Å². The van der Waals surface area contributed by atoms with Gasteiger partial charge in [0.25, 0.3) is 0 Å². The molecule has 2 aromatic rings. The monoisotopic (exact) mass is 386 g/mol. The number of nitrogens with one attached hydrogen (secondary N) is 2. The molecular weight excluding hydrogens is 356 g/mol. The van der Waals surface area contributed by atoms with E-state index in [4.69, 9.17) is 9.72 Å². The van der Waals surface area contributed by atoms with Gasteiger partial charge in [0.15, 0.2) is 5.96 Å². The van der Waals surface area contributed by atoms with Crippen LogP contribution in [0.4, 0.5) is 0 Å². The van der Waals surface area contributed by atoms with Crippen molar-refractivity contribution in [2.45, 2.75) is 58.1 Å². The zero-order valence-electron chi connectivity index (χ0n) is 16.9. The number of aliphatic imine (C=N–C) groups is 1. The molecule has 1 aliphatic rings. The van der Waals surface area contributed by atoms with Crippen molar-refractivity contribution < 1.29 is 4.74 Å². The minimum atomic E-state index is -0.210. The largest absolute Gasteiger partial charge is 0.487 e. The van der Waals surface area contributed by atoms with Crippen molar-refractivity contribution in [2.24, 2.45) is 4.99 Å². The highest BCUT2D eigenvalue weighted by atomic mass is 32.1. The molecular formula is C21H30N4OS. The third-order valence-electron chi connectivity index (χ3n) is 4.65. The smallest absolute Gasteiger partial charge is 0.191 e. The number of benzene rings is 1. The average molecular weight is 387 g/mol. The molecule has 0 spiro atoms. The first kappa shape index (κ1) is 19.7. The number of ether oxygens (including phenoxy) is 1. The van der Waals surface area contributed by atoms with Crippen molar-refractivity contribution in [1.29, 1.82) is 0 Å². The third-order valence-corrected chi connectivity index (χ3v) is 5.84. The molecule has 0 fully saturated rings. The van der Waals surface area contributed by atoms with Gasteiger partial charge in [-0.2, -0.15) is 0 Å². The number of rotatable bonds is 5. The predicted molar refractivity (Wildman–Crippen MR) is 113 cm³/mol. The first-order valence-electron chi connectivity index (χ1n) is 9.57. The number of fused-ring (bicyclic) bond motifs is 1. The van der Waals surface area contributed by atoms with Crippen molar-refractivity contribution in [2.75, 3.05) is 13.6 Å². The van der Waals surface area contributed by atoms with Crippen LogP contribution in [0.25, 0.3) is 0 Å². The zero-order chi connectivity index (χ0) is 19.4. The Morgan fingerprint density at radius 3 is 2.85 bits per heavy atom. The first-order chi connectivity index (χ1) is 12.9. The van der Waals surface area contributed by atoms with E-state index in [0.717, 1.165) is 36.8 Å². The summed E-state index contributed by atoms with van der Waals surface area (Å²) in [5.74, 6) is 2.25. The quantitative estimate of drug-likeness (QED) is 0.595. The number of hydrogen-bond acceptors (Lipinski definition) is 4. The van der Waals surface area contributed by atoms with Gasteiger partial charge in [0, 0.05) is 43.3 Å². The molecule has 6 heteroatoms. The Kier molecular flexibility index (Phi) is 6.05. The molecule has 1 atom stereocenters. The van der Waals surface area contributed by atoms with Gasteiger partial charge >= 0.3 is 0 Å². The van der Waals surface area contributed by atoms with Crippen LogP contribution in [0, 0.1) is 0 Å². The lowest BCUT2D eigenvalue weighted by Crippen LogP contribution is -2.45. The van der Waals surface area contributed by atoms with Gasteiger partial charge in [-0.25, -0.2) is 4.98 Å². The molecule has 0 saturated heterocycles. The molecule has 1 aromatic carbocycles. The summed E-state index contributed by atoms with van der Waals surface area (Å²) in [5, 5.41) is 10.4. The van der Waals surface area contributed by atoms with E-state index in [1.165, 1.54) is 10.6 Å². The second-order valence-electron chi connectivity index (χ2n) is 7.88. The Balaban J connectivity index is 1.60. The molecule has 0 amide bonds. The predicted octanol–water partition coefficient (Wildman–Crippen LogP) is 4.28. The van der Waals surface area contributed by atoms with E-state index < -0.39 is 0 Å². The van der Waals surface area contributed by atoms with Crippen LogP contribution in [-0.2, 0) is 6.42 Å². The van der Waals surface area contributed by atoms with Crippen LogP contribution in [0.15, 0.2) is 34.6 Å². The van der Waals surface area contributed by atoms with Crippen LogP contribution in [0.2, 0.25) is 0 Å². The highest BCUT2D eigenvalue weighted by molar-refractivity contribution is 7.09. The molecule has 5 nitrogen and oxygen atoms in total. The Morgan fingerprint density at radius 1 is 1.37 bits per heavy atom. The van der Waals surface area contributed by atoms with E-state index in [2.05, 4.69) is 60.8 Å². The summed E-state index contributed by atoms with van der Waals surface area (Å²) in [6, 6.07) is 8.40. The van der Waals surface area contributed by atoms with Gasteiger partial charge in [0.1, 0.15) is 11.4 Å². The second-order valence-corrected chi connectivity index (χ2v) is 8.77. The highest BCUT2D eigenvalue weighted by Gasteiger charge is 2.33. The summed E-state index contributed by atoms with van der Waals surface area (Å²) < 4.78 is 6.12. The minimum Gasteiger partial charge on any atom is -0.487 e. The molecule has 1 aliphatic heterocycles. The van der Waals surface area contributed by atoms with Crippen molar-refractivity contribution in [3.05, 3.63) is 45.9 Å². The van der Waals surface area contributed by atoms with E-state index in [9.17, 15) is 0 Å². The maximum atomic E-state index is 6.12. The molecule has 0 aliphatic carbocycles. The second kappa shape index (κ2) is 8.30. The third kappa shape index (κ3) is 5.01. The van der Waals surface area contributed by atoms with Crippen molar-refractivity contribution in [1.82, 2.24) is 15.6 Å². The maximum Gasteiger partial charge on any atom is 0.191 e. The summed E-state index contributed by atoms with van der Waals surface area (Å²) in [6.07, 6.45) is 1.77. The lowest BCUT2D eigenvalue weighted by atomic mass is 9.90. The van der Waals surface area contributed by atoms with Gasteiger partial charge in [-0.1, -0.05) is 32.0 Å². The summed E-state index contributed by atoms with van der Waals surface area (Å²) in [6.45, 7) is 9.42. The fourth-order valence-corrected chi connectivity index (χ4v) is 4.17. The number of para-hydroxylation sites is 1. The van der Waals surface area contributed by atoms with E-state index in [1.54, 1.807) is 11.3 Å². The highest BCUT2D eigenvalue weighted by Crippen LogP contribution is 2.39. The van der Waals surface area contributed by atoms with Gasteiger partial charge in [-0.05, 0) is 19.9 Å². The van der Waals surface area contributed by atoms with E-state index in [-0.39, 0.29) is 11.6 Å². The zero-order valence-corrected chi connectivity index (χ0v) is 17.7. The van der Waals surface area contributed by atoms with Crippen LogP contribution in [0.5, 0.6) is 5.75 Å². The van der Waals surface area contributed by atoms with Gasteiger partial charge in [-0.15, -0.1) is 11.3 Å². The number of hydrogen-bond donors (Lipinski definition) is 2. The Hall–Kier alpha value is -2.08. The Bertz CT molecular complexity index is 797. The number of nitrogens with zero attached hydrogens (tertiary/aromatic N) is 2. The Labute approximate surface area is 166 Å². The maximum absolute atomic E-state index is 6.12. The number of aromatic nitrogens is 1. The van der Waals surface area contributed by atoms with Gasteiger partial charge in [0.2, 0.25) is 0 Å². The normalized spacial score (nSPS) is 18.7. The molecule has 27 heavy (non-hydrogen) atoms. The molecule has 2 N–H and O–H groups in total. The molecule has 1 unspecified atom stereocenters. The van der Waals surface area contributed by atoms with E-state index in [0.29, 0.717) is 5.92 Å². The van der Waals surface area contributed by atoms with Crippen LogP contribution in [0.1, 0.15) is 62.3 Å². The summed E-state index contributed by atoms with van der Waals surface area (Å²) in [7, 11) is 1.81. The molecule has 3 rings (SSSR count). The number of thiazole rings is 1. The van der Waals surface area contributed by atoms with E-state index in [1.807, 2.05) is 19.2 Å². The number of guanidine groups is 1. The first-order valence-corrected chi connectivity index (χ1v) is 10.5. The van der Waals surface area contributed by atoms with Crippen molar-refractivity contribution in [3.8, 4) is 5.75 Å². The fraction of sp³-hybridized carbons (Fsp3) is 0.524. The minimum absolute atomic E-state index is 0.169. The lowest BCUT2D eigenvalue weighted by molar-refractivity contribution is 0.0694. The van der Waals surface area contributed by atoms with Crippen molar-refractivity contribution >= 4 is 17.3 Å². The molecule has 2 heterocycles. The summed E-state index contributed by atoms with van der Waals surface area (Å²) in [4.78, 5) is 9.10. The van der Waals surface area contributed by atoms with E-state index >= 15 is 0 Å². The lowest BCUT2D eigenvalue weighted by Gasteiger charge is -2.38. The molecule has 146 valence electrons. The van der Waals surface area contributed by atoms with Gasteiger partial charge in [0.05, 0.1) is 16.7 Å². The molecule has 0 bridgehead atoms. The van der Waals surface area contributed by atoms with Crippen LogP contribution < -0.4 is 15.4 Å². The van der Waals surface area contributed by atoms with Gasteiger partial charge < -0.3 is 15.4 Å². The van der Waals surface area contributed by atoms with Crippen LogP contribution in [0.3, 0.4) is 0 Å². The summed E-state index contributed by atoms with van der Waals surface area (Å²) in [5.41, 5.74) is 2.11. The summed E-state index contributed by atoms with van der Waals surface area (Å²) >= 11 is 1.74. The SMILES string of the molecule is CN=C(NCCc1csc(C(C)C)n1)NC1CC(C)(C)Oc2ccccc21. The molecule has 1 aromatic heterocycles. The van der Waals surface area contributed by atoms with Crippen LogP contribution >= 0.6 is 11.3 Å². The standard InChI is InChI=1S/C21H30N4OS/c1-14(2)19-24-15(13-27-19)10-11-23-20(22-5)25-17-12-21(3,4)26-18-9-7-6-8-16(17)18/h6-9,13-14,17H,10-12H2,1-5H3,(H2,22,23,25). The fourth-order valence-electron chi connectivity index (χ4n) is 3.30. The average Bonchev–Trinajstić information content (AvgIpc) is 3.09. The van der Waals surface area contributed by atoms with Crippen LogP contribution in [-0.4, -0.2) is 30.1 Å². The molecule has 0 saturated carbocycles.